The molecule has 0 aromatic heterocycles. The number of anilines is 1. The highest BCUT2D eigenvalue weighted by Crippen LogP contribution is 2.56. The first-order valence-electron chi connectivity index (χ1n) is 6.91. The summed E-state index contributed by atoms with van der Waals surface area (Å²) in [5.41, 5.74) is 0.0944. The van der Waals surface area contributed by atoms with Crippen molar-refractivity contribution in [3.63, 3.8) is 0 Å². The predicted molar refractivity (Wildman–Crippen MR) is 74.4 cm³/mol. The lowest BCUT2D eigenvalue weighted by molar-refractivity contribution is -0.123. The van der Waals surface area contributed by atoms with Gasteiger partial charge in [-0.15, -0.1) is 0 Å². The molecule has 3 aliphatic rings. The Balaban J connectivity index is 1.77. The summed E-state index contributed by atoms with van der Waals surface area (Å²) in [5.74, 6) is -0.696. The van der Waals surface area contributed by atoms with Crippen LogP contribution in [0.15, 0.2) is 22.7 Å². The summed E-state index contributed by atoms with van der Waals surface area (Å²) in [6.07, 6.45) is 3.05. The van der Waals surface area contributed by atoms with Crippen molar-refractivity contribution in [3.8, 4) is 0 Å². The minimum Gasteiger partial charge on any atom is -0.274 e. The Labute approximate surface area is 124 Å². The summed E-state index contributed by atoms with van der Waals surface area (Å²) >= 11 is 3.18. The molecular weight excluding hydrogens is 325 g/mol. The Morgan fingerprint density at radius 3 is 2.25 bits per heavy atom. The summed E-state index contributed by atoms with van der Waals surface area (Å²) in [6.45, 7) is 0. The van der Waals surface area contributed by atoms with Crippen molar-refractivity contribution < 1.29 is 14.0 Å². The van der Waals surface area contributed by atoms with Gasteiger partial charge in [0.15, 0.2) is 0 Å². The fourth-order valence-electron chi connectivity index (χ4n) is 4.31. The van der Waals surface area contributed by atoms with Crippen molar-refractivity contribution in [3.05, 3.63) is 28.5 Å². The molecule has 1 aliphatic heterocycles. The van der Waals surface area contributed by atoms with E-state index in [-0.39, 0.29) is 29.3 Å². The minimum atomic E-state index is -0.534. The second-order valence-electron chi connectivity index (χ2n) is 5.99. The molecule has 4 rings (SSSR count). The third kappa shape index (κ3) is 1.50. The molecule has 1 saturated heterocycles. The van der Waals surface area contributed by atoms with Gasteiger partial charge in [0.1, 0.15) is 5.82 Å². The summed E-state index contributed by atoms with van der Waals surface area (Å²) in [6, 6.07) is 4.44. The van der Waals surface area contributed by atoms with Crippen molar-refractivity contribution in [1.29, 1.82) is 0 Å². The Kier molecular flexibility index (Phi) is 2.58. The van der Waals surface area contributed by atoms with Gasteiger partial charge in [-0.2, -0.15) is 0 Å². The van der Waals surface area contributed by atoms with Crippen LogP contribution in [-0.2, 0) is 9.59 Å². The van der Waals surface area contributed by atoms with E-state index in [9.17, 15) is 14.0 Å². The van der Waals surface area contributed by atoms with Gasteiger partial charge in [-0.3, -0.25) is 9.59 Å². The normalized spacial score (nSPS) is 35.0. The number of benzene rings is 1. The number of fused-ring (bicyclic) bond motifs is 5. The number of carbonyl (C=O) groups is 2. The molecule has 5 heteroatoms. The lowest BCUT2D eigenvalue weighted by Gasteiger charge is -2.19. The fraction of sp³-hybridized carbons (Fsp3) is 0.467. The van der Waals surface area contributed by atoms with Crippen molar-refractivity contribution in [2.75, 3.05) is 4.90 Å². The van der Waals surface area contributed by atoms with Crippen LogP contribution in [-0.4, -0.2) is 11.8 Å². The van der Waals surface area contributed by atoms with Gasteiger partial charge in [-0.25, -0.2) is 9.29 Å². The number of amides is 2. The van der Waals surface area contributed by atoms with Crippen molar-refractivity contribution in [2.45, 2.75) is 19.3 Å². The Morgan fingerprint density at radius 1 is 1.10 bits per heavy atom. The average molecular weight is 338 g/mol. The maximum atomic E-state index is 14.1. The molecule has 3 fully saturated rings. The smallest absolute Gasteiger partial charge is 0.238 e. The topological polar surface area (TPSA) is 37.4 Å². The van der Waals surface area contributed by atoms with Crippen LogP contribution >= 0.6 is 15.9 Å². The molecule has 0 unspecified atom stereocenters. The highest BCUT2D eigenvalue weighted by molar-refractivity contribution is 9.10. The largest absolute Gasteiger partial charge is 0.274 e. The Hall–Kier alpha value is -1.23. The maximum absolute atomic E-state index is 14.1. The second kappa shape index (κ2) is 4.13. The van der Waals surface area contributed by atoms with Crippen LogP contribution in [0, 0.1) is 29.5 Å². The molecule has 4 atom stereocenters. The van der Waals surface area contributed by atoms with Crippen molar-refractivity contribution in [1.82, 2.24) is 0 Å². The fourth-order valence-corrected chi connectivity index (χ4v) is 4.64. The SMILES string of the molecule is O=C1[C@@H]2[C@H]3CC[C@@H](C3)[C@H]2C(=O)N1c1ccc(Br)cc1F. The van der Waals surface area contributed by atoms with E-state index in [1.165, 1.54) is 12.1 Å². The summed E-state index contributed by atoms with van der Waals surface area (Å²) in [7, 11) is 0. The van der Waals surface area contributed by atoms with Crippen LogP contribution in [0.5, 0.6) is 0 Å². The number of carbonyl (C=O) groups excluding carboxylic acids is 2. The molecule has 104 valence electrons. The van der Waals surface area contributed by atoms with E-state index in [0.717, 1.165) is 24.2 Å². The highest BCUT2D eigenvalue weighted by Gasteiger charge is 2.61. The standard InChI is InChI=1S/C15H13BrFNO2/c16-9-3-4-11(10(17)6-9)18-14(19)12-7-1-2-8(5-7)13(12)15(18)20/h3-4,6-8,12-13H,1-2,5H2/t7-,8-,12+,13+/m0/s1. The van der Waals surface area contributed by atoms with Crippen LogP contribution < -0.4 is 4.90 Å². The first-order valence-corrected chi connectivity index (χ1v) is 7.70. The third-order valence-electron chi connectivity index (χ3n) is 5.08. The Morgan fingerprint density at radius 2 is 1.70 bits per heavy atom. The van der Waals surface area contributed by atoms with E-state index >= 15 is 0 Å². The third-order valence-corrected chi connectivity index (χ3v) is 5.57. The van der Waals surface area contributed by atoms with Crippen LogP contribution in [0.1, 0.15) is 19.3 Å². The quantitative estimate of drug-likeness (QED) is 0.738. The van der Waals surface area contributed by atoms with Gasteiger partial charge in [0.2, 0.25) is 11.8 Å². The summed E-state index contributed by atoms with van der Waals surface area (Å²) in [4.78, 5) is 26.2. The molecule has 0 radical (unpaired) electrons. The number of rotatable bonds is 1. The second-order valence-corrected chi connectivity index (χ2v) is 6.91. The van der Waals surface area contributed by atoms with Gasteiger partial charge in [0.25, 0.3) is 0 Å². The van der Waals surface area contributed by atoms with Gasteiger partial charge in [0.05, 0.1) is 17.5 Å². The van der Waals surface area contributed by atoms with Crippen LogP contribution in [0.4, 0.5) is 10.1 Å². The molecule has 2 aliphatic carbocycles. The zero-order valence-corrected chi connectivity index (χ0v) is 12.3. The molecule has 1 aromatic rings. The van der Waals surface area contributed by atoms with E-state index in [4.69, 9.17) is 0 Å². The lowest BCUT2D eigenvalue weighted by Crippen LogP contribution is -2.33. The number of hydrogen-bond donors (Lipinski definition) is 0. The van der Waals surface area contributed by atoms with Gasteiger partial charge in [-0.1, -0.05) is 15.9 Å². The van der Waals surface area contributed by atoms with Gasteiger partial charge in [-0.05, 0) is 49.3 Å². The molecule has 2 bridgehead atoms. The minimum absolute atomic E-state index is 0.0944. The predicted octanol–water partition coefficient (Wildman–Crippen LogP) is 3.12. The molecule has 2 amide bonds. The number of hydrogen-bond acceptors (Lipinski definition) is 2. The molecule has 3 nitrogen and oxygen atoms in total. The van der Waals surface area contributed by atoms with Gasteiger partial charge in [0, 0.05) is 4.47 Å². The van der Waals surface area contributed by atoms with Crippen LogP contribution in [0.3, 0.4) is 0 Å². The summed E-state index contributed by atoms with van der Waals surface area (Å²) in [5, 5.41) is 0. The van der Waals surface area contributed by atoms with E-state index in [1.54, 1.807) is 6.07 Å². The number of imide groups is 1. The van der Waals surface area contributed by atoms with E-state index in [2.05, 4.69) is 15.9 Å². The van der Waals surface area contributed by atoms with Crippen LogP contribution in [0.2, 0.25) is 0 Å². The zero-order valence-electron chi connectivity index (χ0n) is 10.7. The molecule has 0 N–H and O–H groups in total. The van der Waals surface area contributed by atoms with Gasteiger partial charge < -0.3 is 0 Å². The molecule has 1 aromatic carbocycles. The molecular formula is C15H13BrFNO2. The Bertz CT molecular complexity index is 604. The van der Waals surface area contributed by atoms with Crippen molar-refractivity contribution in [2.24, 2.45) is 23.7 Å². The monoisotopic (exact) mass is 337 g/mol. The van der Waals surface area contributed by atoms with Crippen molar-refractivity contribution >= 4 is 33.4 Å². The zero-order chi connectivity index (χ0) is 14.0. The maximum Gasteiger partial charge on any atom is 0.238 e. The van der Waals surface area contributed by atoms with E-state index < -0.39 is 5.82 Å². The van der Waals surface area contributed by atoms with Gasteiger partial charge >= 0.3 is 0 Å². The average Bonchev–Trinajstić information content (AvgIpc) is 3.06. The van der Waals surface area contributed by atoms with Crippen LogP contribution in [0.25, 0.3) is 0 Å². The molecule has 0 spiro atoms. The number of halogens is 2. The first kappa shape index (κ1) is 12.5. The first-order chi connectivity index (χ1) is 9.58. The molecule has 1 heterocycles. The lowest BCUT2D eigenvalue weighted by atomic mass is 9.81. The summed E-state index contributed by atoms with van der Waals surface area (Å²) < 4.78 is 14.7. The highest BCUT2D eigenvalue weighted by atomic mass is 79.9. The van der Waals surface area contributed by atoms with E-state index in [0.29, 0.717) is 16.3 Å². The number of nitrogens with zero attached hydrogens (tertiary/aromatic N) is 1. The molecule has 20 heavy (non-hydrogen) atoms. The molecule has 2 saturated carbocycles. The van der Waals surface area contributed by atoms with E-state index in [1.807, 2.05) is 0 Å².